The van der Waals surface area contributed by atoms with Crippen LogP contribution in [0.15, 0.2) is 53.9 Å². The molecule has 0 saturated carbocycles. The normalized spacial score (nSPS) is 13.6. The third-order valence-electron chi connectivity index (χ3n) is 5.31. The first-order valence-corrected chi connectivity index (χ1v) is 11.1. The van der Waals surface area contributed by atoms with E-state index in [2.05, 4.69) is 20.1 Å². The third kappa shape index (κ3) is 3.66. The van der Waals surface area contributed by atoms with Gasteiger partial charge in [-0.2, -0.15) is 5.10 Å². The van der Waals surface area contributed by atoms with Crippen LogP contribution in [-0.2, 0) is 19.5 Å². The minimum absolute atomic E-state index is 0.180. The van der Waals surface area contributed by atoms with Crippen molar-refractivity contribution < 1.29 is 4.79 Å². The molecule has 0 unspecified atom stereocenters. The van der Waals surface area contributed by atoms with Crippen LogP contribution in [0.2, 0.25) is 0 Å². The molecule has 0 aliphatic carbocycles. The maximum Gasteiger partial charge on any atom is 0.270 e. The molecular weight excluding hydrogens is 396 g/mol. The minimum atomic E-state index is -0.180. The van der Waals surface area contributed by atoms with Crippen molar-refractivity contribution in [2.45, 2.75) is 38.8 Å². The molecule has 5 rings (SSSR count). The van der Waals surface area contributed by atoms with Gasteiger partial charge >= 0.3 is 0 Å². The highest BCUT2D eigenvalue weighted by Gasteiger charge is 2.20. The van der Waals surface area contributed by atoms with Crippen molar-refractivity contribution in [1.29, 1.82) is 0 Å². The number of carbonyl (C=O) groups is 1. The zero-order valence-corrected chi connectivity index (χ0v) is 17.3. The van der Waals surface area contributed by atoms with Gasteiger partial charge in [0.1, 0.15) is 17.2 Å². The van der Waals surface area contributed by atoms with Crippen LogP contribution in [-0.4, -0.2) is 30.5 Å². The quantitative estimate of drug-likeness (QED) is 0.534. The molecule has 8 heteroatoms. The highest BCUT2D eigenvalue weighted by atomic mass is 32.1. The maximum atomic E-state index is 13.1. The van der Waals surface area contributed by atoms with E-state index in [1.54, 1.807) is 16.0 Å². The molecule has 0 spiro atoms. The first-order valence-electron chi connectivity index (χ1n) is 10.2. The van der Waals surface area contributed by atoms with Crippen molar-refractivity contribution in [2.75, 3.05) is 0 Å². The van der Waals surface area contributed by atoms with E-state index in [0.29, 0.717) is 12.2 Å². The van der Waals surface area contributed by atoms with Gasteiger partial charge in [0.15, 0.2) is 5.82 Å². The lowest BCUT2D eigenvalue weighted by molar-refractivity contribution is 0.0941. The fraction of sp³-hybridized carbons (Fsp3) is 0.273. The number of aromatic nitrogens is 5. The number of para-hydroxylation sites is 1. The Kier molecular flexibility index (Phi) is 5.15. The van der Waals surface area contributed by atoms with Crippen LogP contribution in [0.3, 0.4) is 0 Å². The van der Waals surface area contributed by atoms with Gasteiger partial charge in [-0.25, -0.2) is 4.68 Å². The van der Waals surface area contributed by atoms with Crippen LogP contribution in [0.4, 0.5) is 0 Å². The van der Waals surface area contributed by atoms with Crippen molar-refractivity contribution in [3.8, 4) is 16.3 Å². The molecule has 1 N–H and O–H groups in total. The second-order valence-corrected chi connectivity index (χ2v) is 8.26. The Bertz CT molecular complexity index is 1150. The zero-order valence-electron chi connectivity index (χ0n) is 16.5. The summed E-state index contributed by atoms with van der Waals surface area (Å²) in [7, 11) is 0. The molecule has 1 amide bonds. The number of fused-ring (bicyclic) bond motifs is 1. The lowest BCUT2D eigenvalue weighted by Crippen LogP contribution is -2.27. The Morgan fingerprint density at radius 1 is 1.07 bits per heavy atom. The molecule has 30 heavy (non-hydrogen) atoms. The zero-order chi connectivity index (χ0) is 20.3. The number of aryl methyl sites for hydroxylation is 1. The van der Waals surface area contributed by atoms with E-state index in [1.165, 1.54) is 6.42 Å². The largest absolute Gasteiger partial charge is 0.343 e. The second kappa shape index (κ2) is 8.23. The Morgan fingerprint density at radius 3 is 2.80 bits per heavy atom. The van der Waals surface area contributed by atoms with Crippen molar-refractivity contribution >= 4 is 17.2 Å². The van der Waals surface area contributed by atoms with E-state index < -0.39 is 0 Å². The number of nitrogens with one attached hydrogen (secondary N) is 1. The number of benzene rings is 1. The Hall–Kier alpha value is -3.26. The number of amides is 1. The van der Waals surface area contributed by atoms with Gasteiger partial charge in [0, 0.05) is 13.0 Å². The lowest BCUT2D eigenvalue weighted by Gasteiger charge is -2.09. The maximum absolute atomic E-state index is 13.1. The predicted octanol–water partition coefficient (Wildman–Crippen LogP) is 3.85. The predicted molar refractivity (Wildman–Crippen MR) is 116 cm³/mol. The van der Waals surface area contributed by atoms with Gasteiger partial charge in [-0.15, -0.1) is 21.5 Å². The molecule has 0 radical (unpaired) electrons. The Labute approximate surface area is 178 Å². The summed E-state index contributed by atoms with van der Waals surface area (Å²) in [6.07, 6.45) is 4.42. The summed E-state index contributed by atoms with van der Waals surface area (Å²) >= 11 is 1.60. The molecule has 4 heterocycles. The van der Waals surface area contributed by atoms with Crippen LogP contribution in [0, 0.1) is 0 Å². The summed E-state index contributed by atoms with van der Waals surface area (Å²) in [6.45, 7) is 1.26. The molecular formula is C22H22N6OS. The highest BCUT2D eigenvalue weighted by molar-refractivity contribution is 7.13. The summed E-state index contributed by atoms with van der Waals surface area (Å²) in [5.41, 5.74) is 2.14. The van der Waals surface area contributed by atoms with Crippen LogP contribution in [0.25, 0.3) is 16.3 Å². The molecule has 4 aromatic rings. The van der Waals surface area contributed by atoms with Crippen LogP contribution >= 0.6 is 11.3 Å². The highest BCUT2D eigenvalue weighted by Crippen LogP contribution is 2.26. The summed E-state index contributed by atoms with van der Waals surface area (Å²) in [5, 5.41) is 18.4. The molecule has 0 atom stereocenters. The Balaban J connectivity index is 1.42. The van der Waals surface area contributed by atoms with E-state index in [0.717, 1.165) is 53.7 Å². The fourth-order valence-corrected chi connectivity index (χ4v) is 4.46. The van der Waals surface area contributed by atoms with Gasteiger partial charge < -0.3 is 9.88 Å². The molecule has 0 saturated heterocycles. The van der Waals surface area contributed by atoms with Gasteiger partial charge in [0.25, 0.3) is 5.91 Å². The van der Waals surface area contributed by atoms with E-state index in [1.807, 2.05) is 53.9 Å². The van der Waals surface area contributed by atoms with E-state index in [-0.39, 0.29) is 5.91 Å². The SMILES string of the molecule is O=C(NCc1nnc2n1CCCCC2)c1cc(-c2cccs2)nn1-c1ccccc1. The summed E-state index contributed by atoms with van der Waals surface area (Å²) < 4.78 is 3.85. The van der Waals surface area contributed by atoms with Gasteiger partial charge in [0.2, 0.25) is 0 Å². The van der Waals surface area contributed by atoms with Crippen molar-refractivity contribution in [2.24, 2.45) is 0 Å². The fourth-order valence-electron chi connectivity index (χ4n) is 3.78. The topological polar surface area (TPSA) is 77.6 Å². The average molecular weight is 419 g/mol. The Morgan fingerprint density at radius 2 is 1.97 bits per heavy atom. The molecule has 1 aromatic carbocycles. The van der Waals surface area contributed by atoms with Crippen LogP contribution < -0.4 is 5.32 Å². The number of hydrogen-bond donors (Lipinski definition) is 1. The standard InChI is InChI=1S/C22H22N6OS/c29-22(23-15-21-25-24-20-11-5-2-6-12-27(20)21)18-14-17(19-10-7-13-30-19)26-28(18)16-8-3-1-4-9-16/h1,3-4,7-10,13-14H,2,5-6,11-12,15H2,(H,23,29). The van der Waals surface area contributed by atoms with Gasteiger partial charge in [0.05, 0.1) is 17.1 Å². The smallest absolute Gasteiger partial charge is 0.270 e. The van der Waals surface area contributed by atoms with Crippen molar-refractivity contribution in [1.82, 2.24) is 29.9 Å². The first kappa shape index (κ1) is 18.7. The number of hydrogen-bond acceptors (Lipinski definition) is 5. The molecule has 1 aliphatic rings. The van der Waals surface area contributed by atoms with Crippen LogP contribution in [0.1, 0.15) is 41.4 Å². The monoisotopic (exact) mass is 418 g/mol. The summed E-state index contributed by atoms with van der Waals surface area (Å²) in [5.74, 6) is 1.65. The van der Waals surface area contributed by atoms with Crippen molar-refractivity contribution in [3.63, 3.8) is 0 Å². The van der Waals surface area contributed by atoms with E-state index in [9.17, 15) is 4.79 Å². The van der Waals surface area contributed by atoms with E-state index in [4.69, 9.17) is 5.10 Å². The summed E-state index contributed by atoms with van der Waals surface area (Å²) in [4.78, 5) is 14.2. The molecule has 7 nitrogen and oxygen atoms in total. The molecule has 0 fully saturated rings. The number of nitrogens with zero attached hydrogens (tertiary/aromatic N) is 5. The molecule has 1 aliphatic heterocycles. The van der Waals surface area contributed by atoms with Gasteiger partial charge in [-0.3, -0.25) is 4.79 Å². The minimum Gasteiger partial charge on any atom is -0.343 e. The average Bonchev–Trinajstić information content (AvgIpc) is 3.50. The molecule has 152 valence electrons. The van der Waals surface area contributed by atoms with Gasteiger partial charge in [-0.05, 0) is 42.5 Å². The van der Waals surface area contributed by atoms with Crippen molar-refractivity contribution in [3.05, 3.63) is 71.3 Å². The van der Waals surface area contributed by atoms with E-state index >= 15 is 0 Å². The number of rotatable bonds is 5. The number of carbonyl (C=O) groups excluding carboxylic acids is 1. The molecule has 0 bridgehead atoms. The summed E-state index contributed by atoms with van der Waals surface area (Å²) in [6, 6.07) is 15.6. The second-order valence-electron chi connectivity index (χ2n) is 7.32. The third-order valence-corrected chi connectivity index (χ3v) is 6.20. The van der Waals surface area contributed by atoms with Gasteiger partial charge in [-0.1, -0.05) is 30.7 Å². The molecule has 3 aromatic heterocycles. The van der Waals surface area contributed by atoms with Crippen LogP contribution in [0.5, 0.6) is 0 Å². The lowest BCUT2D eigenvalue weighted by atomic mass is 10.2. The number of thiophene rings is 1. The first-order chi connectivity index (χ1) is 14.8.